The van der Waals surface area contributed by atoms with E-state index in [4.69, 9.17) is 15.7 Å². The Morgan fingerprint density at radius 1 is 1.44 bits per heavy atom. The second kappa shape index (κ2) is 5.16. The lowest BCUT2D eigenvalue weighted by molar-refractivity contribution is -0.138. The lowest BCUT2D eigenvalue weighted by Gasteiger charge is -2.15. The Bertz CT molecular complexity index is 437. The summed E-state index contributed by atoms with van der Waals surface area (Å²) in [4.78, 5) is 27.6. The van der Waals surface area contributed by atoms with Crippen LogP contribution in [0.15, 0.2) is 24.3 Å². The highest BCUT2D eigenvalue weighted by Gasteiger charge is 2.24. The van der Waals surface area contributed by atoms with Gasteiger partial charge in [-0.05, 0) is 17.7 Å². The minimum absolute atomic E-state index is 0.0355. The summed E-state index contributed by atoms with van der Waals surface area (Å²) in [5, 5.41) is 10.2. The Kier molecular flexibility index (Phi) is 3.59. The summed E-state index contributed by atoms with van der Waals surface area (Å²) in [6.07, 6.45) is 0.363. The zero-order chi connectivity index (χ0) is 13.1. The zero-order valence-corrected chi connectivity index (χ0v) is 9.70. The van der Waals surface area contributed by atoms with Gasteiger partial charge in [-0.15, -0.1) is 0 Å². The summed E-state index contributed by atoms with van der Waals surface area (Å²) in [6.45, 7) is 0.412. The summed E-state index contributed by atoms with van der Waals surface area (Å²) < 4.78 is 0. The number of carbonyl (C=O) groups excluding carboxylic acids is 1. The van der Waals surface area contributed by atoms with Crippen LogP contribution in [-0.2, 0) is 14.4 Å². The normalized spacial score (nSPS) is 16.9. The fourth-order valence-electron chi connectivity index (χ4n) is 1.84. The number of benzene rings is 1. The van der Waals surface area contributed by atoms with E-state index in [2.05, 4.69) is 0 Å². The van der Waals surface area contributed by atoms with Crippen molar-refractivity contribution in [3.63, 3.8) is 0 Å². The van der Waals surface area contributed by atoms with Crippen molar-refractivity contribution < 1.29 is 19.5 Å². The van der Waals surface area contributed by atoms with Crippen LogP contribution in [-0.4, -0.2) is 30.1 Å². The van der Waals surface area contributed by atoms with Gasteiger partial charge in [-0.3, -0.25) is 14.4 Å². The van der Waals surface area contributed by atoms with Gasteiger partial charge in [0.05, 0.1) is 24.6 Å². The van der Waals surface area contributed by atoms with Crippen LogP contribution in [0.5, 0.6) is 0 Å². The summed E-state index contributed by atoms with van der Waals surface area (Å²) in [7, 11) is 0. The van der Waals surface area contributed by atoms with Gasteiger partial charge >= 0.3 is 5.97 Å². The van der Waals surface area contributed by atoms with Crippen molar-refractivity contribution in [1.29, 1.82) is 0 Å². The number of anilines is 1. The third-order valence-electron chi connectivity index (χ3n) is 2.83. The maximum atomic E-state index is 11.4. The monoisotopic (exact) mass is 250 g/mol. The highest BCUT2D eigenvalue weighted by atomic mass is 16.7. The molecule has 1 aromatic carbocycles. The van der Waals surface area contributed by atoms with E-state index in [-0.39, 0.29) is 12.5 Å². The molecule has 0 spiro atoms. The number of carbonyl (C=O) groups is 2. The first-order valence-electron chi connectivity index (χ1n) is 5.62. The smallest absolute Gasteiger partial charge is 0.312 e. The number of hydrogen-bond donors (Lipinski definition) is 2. The van der Waals surface area contributed by atoms with Crippen molar-refractivity contribution in [1.82, 2.24) is 0 Å². The van der Waals surface area contributed by atoms with E-state index in [0.717, 1.165) is 0 Å². The minimum atomic E-state index is -0.959. The van der Waals surface area contributed by atoms with E-state index in [1.165, 1.54) is 5.06 Å². The van der Waals surface area contributed by atoms with Gasteiger partial charge in [-0.25, -0.2) is 0 Å². The van der Waals surface area contributed by atoms with E-state index in [9.17, 15) is 9.59 Å². The van der Waals surface area contributed by atoms with Gasteiger partial charge < -0.3 is 10.8 Å². The molecular formula is C12H14N2O4. The van der Waals surface area contributed by atoms with E-state index in [1.807, 2.05) is 0 Å². The van der Waals surface area contributed by atoms with Gasteiger partial charge in [0.15, 0.2) is 0 Å². The van der Waals surface area contributed by atoms with Crippen molar-refractivity contribution in [2.24, 2.45) is 5.73 Å². The number of hydroxylamine groups is 1. The minimum Gasteiger partial charge on any atom is -0.481 e. The van der Waals surface area contributed by atoms with Crippen LogP contribution >= 0.6 is 0 Å². The molecular weight excluding hydrogens is 236 g/mol. The highest BCUT2D eigenvalue weighted by Crippen LogP contribution is 2.23. The summed E-state index contributed by atoms with van der Waals surface area (Å²) in [5.74, 6) is -1.79. The first-order valence-corrected chi connectivity index (χ1v) is 5.62. The lowest BCUT2D eigenvalue weighted by atomic mass is 9.99. The molecule has 0 saturated carbocycles. The molecule has 18 heavy (non-hydrogen) atoms. The van der Waals surface area contributed by atoms with Crippen LogP contribution in [0, 0.1) is 0 Å². The Morgan fingerprint density at radius 3 is 2.56 bits per heavy atom. The zero-order valence-electron chi connectivity index (χ0n) is 9.70. The molecule has 1 heterocycles. The number of carboxylic acid groups (broad SMARTS) is 1. The molecule has 0 radical (unpaired) electrons. The second-order valence-corrected chi connectivity index (χ2v) is 3.99. The van der Waals surface area contributed by atoms with Crippen LogP contribution in [0.2, 0.25) is 0 Å². The molecule has 1 amide bonds. The van der Waals surface area contributed by atoms with E-state index in [0.29, 0.717) is 24.3 Å². The second-order valence-electron chi connectivity index (χ2n) is 3.99. The third kappa shape index (κ3) is 2.34. The fourth-order valence-corrected chi connectivity index (χ4v) is 1.84. The van der Waals surface area contributed by atoms with E-state index < -0.39 is 11.9 Å². The standard InChI is InChI=1S/C12H14N2O4/c13-7-10(12(16)17)8-1-3-9(4-2-8)14-11(15)5-6-18-14/h1-4,10H,5-7,13H2,(H,16,17). The van der Waals surface area contributed by atoms with Crippen LogP contribution in [0.4, 0.5) is 5.69 Å². The topological polar surface area (TPSA) is 92.9 Å². The molecule has 3 N–H and O–H groups in total. The molecule has 2 rings (SSSR count). The predicted octanol–water partition coefficient (Wildman–Crippen LogP) is 0.482. The van der Waals surface area contributed by atoms with Crippen LogP contribution in [0.25, 0.3) is 0 Å². The molecule has 0 aliphatic carbocycles. The first kappa shape index (κ1) is 12.5. The quantitative estimate of drug-likeness (QED) is 0.810. The Labute approximate surface area is 104 Å². The molecule has 1 saturated heterocycles. The number of carboxylic acids is 1. The molecule has 6 nitrogen and oxygen atoms in total. The van der Waals surface area contributed by atoms with Crippen molar-refractivity contribution in [2.75, 3.05) is 18.2 Å². The molecule has 0 aromatic heterocycles. The average molecular weight is 250 g/mol. The van der Waals surface area contributed by atoms with Crippen LogP contribution in [0.3, 0.4) is 0 Å². The maximum Gasteiger partial charge on any atom is 0.312 e. The number of nitrogens with two attached hydrogens (primary N) is 1. The number of aliphatic carboxylic acids is 1. The Balaban J connectivity index is 2.19. The molecule has 6 heteroatoms. The van der Waals surface area contributed by atoms with Gasteiger partial charge in [0, 0.05) is 6.54 Å². The summed E-state index contributed by atoms with van der Waals surface area (Å²) in [6, 6.07) is 6.61. The fraction of sp³-hybridized carbons (Fsp3) is 0.333. The molecule has 1 aromatic rings. The van der Waals surface area contributed by atoms with Crippen molar-refractivity contribution >= 4 is 17.6 Å². The number of hydrogen-bond acceptors (Lipinski definition) is 4. The first-order chi connectivity index (χ1) is 8.63. The lowest BCUT2D eigenvalue weighted by Crippen LogP contribution is -2.23. The number of nitrogens with zero attached hydrogens (tertiary/aromatic N) is 1. The summed E-state index contributed by atoms with van der Waals surface area (Å²) in [5.41, 5.74) is 6.63. The maximum absolute atomic E-state index is 11.4. The van der Waals surface area contributed by atoms with Gasteiger partial charge in [0.2, 0.25) is 0 Å². The number of amides is 1. The average Bonchev–Trinajstić information content (AvgIpc) is 2.77. The molecule has 1 atom stereocenters. The third-order valence-corrected chi connectivity index (χ3v) is 2.83. The van der Waals surface area contributed by atoms with Gasteiger partial charge in [-0.1, -0.05) is 12.1 Å². The van der Waals surface area contributed by atoms with Crippen LogP contribution in [0.1, 0.15) is 17.9 Å². The largest absolute Gasteiger partial charge is 0.481 e. The molecule has 1 aliphatic heterocycles. The van der Waals surface area contributed by atoms with Crippen molar-refractivity contribution in [3.05, 3.63) is 29.8 Å². The molecule has 96 valence electrons. The summed E-state index contributed by atoms with van der Waals surface area (Å²) >= 11 is 0. The van der Waals surface area contributed by atoms with Crippen molar-refractivity contribution in [2.45, 2.75) is 12.3 Å². The molecule has 1 unspecified atom stereocenters. The SMILES string of the molecule is NCC(C(=O)O)c1ccc(N2OCCC2=O)cc1. The Hall–Kier alpha value is -1.92. The Morgan fingerprint density at radius 2 is 2.11 bits per heavy atom. The molecule has 1 fully saturated rings. The van der Waals surface area contributed by atoms with Crippen LogP contribution < -0.4 is 10.8 Å². The van der Waals surface area contributed by atoms with Gasteiger partial charge in [-0.2, -0.15) is 5.06 Å². The highest BCUT2D eigenvalue weighted by molar-refractivity contribution is 5.92. The van der Waals surface area contributed by atoms with Gasteiger partial charge in [0.1, 0.15) is 0 Å². The molecule has 1 aliphatic rings. The predicted molar refractivity (Wildman–Crippen MR) is 63.9 cm³/mol. The number of rotatable bonds is 4. The molecule has 0 bridgehead atoms. The van der Waals surface area contributed by atoms with E-state index in [1.54, 1.807) is 24.3 Å². The van der Waals surface area contributed by atoms with Gasteiger partial charge in [0.25, 0.3) is 5.91 Å². The van der Waals surface area contributed by atoms with Crippen molar-refractivity contribution in [3.8, 4) is 0 Å². The van der Waals surface area contributed by atoms with E-state index >= 15 is 0 Å².